The molecule has 7 rings (SSSR count). The quantitative estimate of drug-likeness (QED) is 0.308. The first-order valence-corrected chi connectivity index (χ1v) is 13.1. The van der Waals surface area contributed by atoms with Crippen molar-refractivity contribution >= 4 is 39.9 Å². The molecule has 1 aliphatic heterocycles. The van der Waals surface area contributed by atoms with Crippen molar-refractivity contribution in [1.29, 1.82) is 0 Å². The molecule has 1 saturated carbocycles. The van der Waals surface area contributed by atoms with Crippen molar-refractivity contribution < 1.29 is 9.53 Å². The summed E-state index contributed by atoms with van der Waals surface area (Å²) in [5, 5.41) is 7.49. The molecule has 0 bridgehead atoms. The highest BCUT2D eigenvalue weighted by Gasteiger charge is 2.56. The number of aromatic nitrogens is 6. The minimum Gasteiger partial charge on any atom is -0.457 e. The number of nitrogens with zero attached hydrogens (tertiary/aromatic N) is 8. The van der Waals surface area contributed by atoms with E-state index in [1.54, 1.807) is 4.52 Å². The lowest BCUT2D eigenvalue weighted by Crippen LogP contribution is -2.30. The Bertz CT molecular complexity index is 1810. The fourth-order valence-electron chi connectivity index (χ4n) is 5.16. The highest BCUT2D eigenvalue weighted by Crippen LogP contribution is 2.50. The number of hydrogen-bond donors (Lipinski definition) is 1. The summed E-state index contributed by atoms with van der Waals surface area (Å²) in [6, 6.07) is 13.4. The van der Waals surface area contributed by atoms with Gasteiger partial charge in [-0.25, -0.2) is 24.5 Å². The van der Waals surface area contributed by atoms with Gasteiger partial charge in [-0.2, -0.15) is 5.10 Å². The van der Waals surface area contributed by atoms with E-state index in [1.807, 2.05) is 80.7 Å². The number of pyridine rings is 2. The summed E-state index contributed by atoms with van der Waals surface area (Å²) in [6.45, 7) is 2.72. The number of hydrogen-bond acceptors (Lipinski definition) is 9. The van der Waals surface area contributed by atoms with E-state index in [0.29, 0.717) is 34.1 Å². The van der Waals surface area contributed by atoms with Gasteiger partial charge >= 0.3 is 0 Å². The van der Waals surface area contributed by atoms with Crippen molar-refractivity contribution in [2.24, 2.45) is 5.92 Å². The second-order valence-corrected chi connectivity index (χ2v) is 10.4. The van der Waals surface area contributed by atoms with Gasteiger partial charge in [0.25, 0.3) is 5.91 Å². The van der Waals surface area contributed by atoms with Gasteiger partial charge < -0.3 is 15.0 Å². The molecule has 2 unspecified atom stereocenters. The van der Waals surface area contributed by atoms with Gasteiger partial charge in [0.15, 0.2) is 11.5 Å². The first-order valence-electron chi connectivity index (χ1n) is 13.1. The molecule has 40 heavy (non-hydrogen) atoms. The third kappa shape index (κ3) is 4.30. The number of nitrogens with one attached hydrogen (secondary N) is 1. The maximum atomic E-state index is 13.3. The van der Waals surface area contributed by atoms with Gasteiger partial charge in [-0.3, -0.25) is 9.69 Å². The number of anilines is 3. The summed E-state index contributed by atoms with van der Waals surface area (Å²) in [7, 11) is 4.00. The predicted octanol–water partition coefficient (Wildman–Crippen LogP) is 4.13. The molecule has 1 saturated heterocycles. The summed E-state index contributed by atoms with van der Waals surface area (Å²) >= 11 is 0. The van der Waals surface area contributed by atoms with Crippen LogP contribution in [-0.4, -0.2) is 67.0 Å². The Labute approximate surface area is 230 Å². The number of likely N-dealkylation sites (N-methyl/N-ethyl adjacent to an activating group) is 1. The smallest absolute Gasteiger partial charge is 0.255 e. The topological polar surface area (TPSA) is 114 Å². The normalized spacial score (nSPS) is 19.1. The van der Waals surface area contributed by atoms with Crippen molar-refractivity contribution in [3.8, 4) is 11.5 Å². The van der Waals surface area contributed by atoms with Crippen LogP contribution in [0.1, 0.15) is 12.0 Å². The number of aryl methyl sites for hydroxylation is 1. The average molecular weight is 534 g/mol. The van der Waals surface area contributed by atoms with E-state index >= 15 is 0 Å². The van der Waals surface area contributed by atoms with Crippen LogP contribution in [0.2, 0.25) is 0 Å². The van der Waals surface area contributed by atoms with Crippen molar-refractivity contribution in [3.05, 3.63) is 78.5 Å². The number of ether oxygens (including phenoxy) is 1. The molecule has 200 valence electrons. The monoisotopic (exact) mass is 533 g/mol. The summed E-state index contributed by atoms with van der Waals surface area (Å²) in [4.78, 5) is 35.1. The Morgan fingerprint density at radius 3 is 2.85 bits per heavy atom. The standard InChI is InChI=1S/C29H27N9O2/c1-17-12-18(4-6-24(17)40-19-8-11-37-26(13-19)31-16-33-37)34-28-27-22(30-15-32-28)5-7-25(35-27)38-23-14-21(23)20(29(38)39)9-10-36(2)3/h4-9,11-13,15-16,21,23H,10,14H2,1-3H3,(H,30,32,34)/b20-9+. The zero-order chi connectivity index (χ0) is 27.4. The number of amides is 1. The lowest BCUT2D eigenvalue weighted by molar-refractivity contribution is -0.114. The van der Waals surface area contributed by atoms with Crippen LogP contribution in [0.5, 0.6) is 11.5 Å². The van der Waals surface area contributed by atoms with E-state index in [2.05, 4.69) is 30.3 Å². The molecule has 11 heteroatoms. The van der Waals surface area contributed by atoms with Crippen LogP contribution in [0.25, 0.3) is 16.7 Å². The summed E-state index contributed by atoms with van der Waals surface area (Å²) in [5.74, 6) is 2.93. The highest BCUT2D eigenvalue weighted by atomic mass is 16.5. The Morgan fingerprint density at radius 2 is 2.00 bits per heavy atom. The zero-order valence-corrected chi connectivity index (χ0v) is 22.3. The van der Waals surface area contributed by atoms with Gasteiger partial charge in [-0.05, 0) is 69.4 Å². The molecule has 2 atom stereocenters. The number of carbonyl (C=O) groups is 1. The van der Waals surface area contributed by atoms with Crippen molar-refractivity contribution in [2.45, 2.75) is 19.4 Å². The molecule has 4 aromatic heterocycles. The van der Waals surface area contributed by atoms with Gasteiger partial charge in [0.05, 0.1) is 5.52 Å². The Kier molecular flexibility index (Phi) is 5.67. The highest BCUT2D eigenvalue weighted by molar-refractivity contribution is 6.11. The van der Waals surface area contributed by atoms with Gasteiger partial charge in [-0.1, -0.05) is 6.08 Å². The molecule has 1 amide bonds. The van der Waals surface area contributed by atoms with Gasteiger partial charge in [0, 0.05) is 42.0 Å². The average Bonchev–Trinajstić information content (AvgIpc) is 3.45. The number of fused-ring (bicyclic) bond motifs is 3. The van der Waals surface area contributed by atoms with Crippen LogP contribution in [0.15, 0.2) is 73.0 Å². The van der Waals surface area contributed by atoms with Crippen LogP contribution in [0.3, 0.4) is 0 Å². The molecule has 2 fully saturated rings. The second-order valence-electron chi connectivity index (χ2n) is 10.4. The minimum atomic E-state index is 0.0377. The minimum absolute atomic E-state index is 0.0377. The van der Waals surface area contributed by atoms with E-state index in [1.165, 1.54) is 12.7 Å². The molecule has 0 radical (unpaired) electrons. The largest absolute Gasteiger partial charge is 0.457 e. The van der Waals surface area contributed by atoms with Gasteiger partial charge in [0.1, 0.15) is 35.5 Å². The molecule has 1 aromatic carbocycles. The molecule has 1 aliphatic carbocycles. The first kappa shape index (κ1) is 24.2. The van der Waals surface area contributed by atoms with Crippen LogP contribution >= 0.6 is 0 Å². The Morgan fingerprint density at radius 1 is 1.10 bits per heavy atom. The maximum absolute atomic E-state index is 13.3. The second kappa shape index (κ2) is 9.38. The van der Waals surface area contributed by atoms with E-state index in [0.717, 1.165) is 35.5 Å². The third-order valence-electron chi connectivity index (χ3n) is 7.26. The lowest BCUT2D eigenvalue weighted by Gasteiger charge is -2.18. The molecular formula is C29H27N9O2. The van der Waals surface area contributed by atoms with E-state index in [4.69, 9.17) is 9.72 Å². The van der Waals surface area contributed by atoms with Crippen LogP contribution in [0.4, 0.5) is 17.3 Å². The Hall–Kier alpha value is -4.90. The molecular weight excluding hydrogens is 506 g/mol. The predicted molar refractivity (Wildman–Crippen MR) is 151 cm³/mol. The summed E-state index contributed by atoms with van der Waals surface area (Å²) < 4.78 is 7.79. The molecule has 2 aliphatic rings. The molecule has 0 spiro atoms. The van der Waals surface area contributed by atoms with Crippen molar-refractivity contribution in [1.82, 2.24) is 34.4 Å². The lowest BCUT2D eigenvalue weighted by atomic mass is 10.1. The van der Waals surface area contributed by atoms with Crippen molar-refractivity contribution in [3.63, 3.8) is 0 Å². The maximum Gasteiger partial charge on any atom is 0.255 e. The SMILES string of the molecule is Cc1cc(Nc2ncnc3ccc(N4C(=O)/C(=C/CN(C)C)C5CC54)nc23)ccc1Oc1ccn2ncnc2c1. The Balaban J connectivity index is 1.14. The van der Waals surface area contributed by atoms with Gasteiger partial charge in [-0.15, -0.1) is 0 Å². The third-order valence-corrected chi connectivity index (χ3v) is 7.26. The summed E-state index contributed by atoms with van der Waals surface area (Å²) in [6.07, 6.45) is 7.85. The van der Waals surface area contributed by atoms with E-state index in [-0.39, 0.29) is 17.9 Å². The molecule has 5 aromatic rings. The van der Waals surface area contributed by atoms with E-state index in [9.17, 15) is 4.79 Å². The molecule has 11 nitrogen and oxygen atoms in total. The van der Waals surface area contributed by atoms with E-state index < -0.39 is 0 Å². The molecule has 1 N–H and O–H groups in total. The fraction of sp³-hybridized carbons (Fsp3) is 0.241. The van der Waals surface area contributed by atoms with Crippen LogP contribution in [-0.2, 0) is 4.79 Å². The van der Waals surface area contributed by atoms with Crippen LogP contribution < -0.4 is 15.0 Å². The van der Waals surface area contributed by atoms with Crippen LogP contribution in [0, 0.1) is 12.8 Å². The molecule has 5 heterocycles. The first-order chi connectivity index (χ1) is 19.4. The zero-order valence-electron chi connectivity index (χ0n) is 22.3. The number of piperidine rings is 1. The number of benzene rings is 1. The number of rotatable bonds is 7. The van der Waals surface area contributed by atoms with Gasteiger partial charge in [0.2, 0.25) is 0 Å². The number of carbonyl (C=O) groups excluding carboxylic acids is 1. The fourth-order valence-corrected chi connectivity index (χ4v) is 5.16. The van der Waals surface area contributed by atoms with Crippen molar-refractivity contribution in [2.75, 3.05) is 30.9 Å². The summed E-state index contributed by atoms with van der Waals surface area (Å²) in [5.41, 5.74) is 4.68.